The predicted octanol–water partition coefficient (Wildman–Crippen LogP) is 3.34. The fourth-order valence-electron chi connectivity index (χ4n) is 1.96. The fraction of sp³-hybridized carbons (Fsp3) is 0. The Morgan fingerprint density at radius 3 is 2.95 bits per heavy atom. The van der Waals surface area contributed by atoms with Gasteiger partial charge in [-0.1, -0.05) is 11.6 Å². The van der Waals surface area contributed by atoms with Crippen LogP contribution in [0.25, 0.3) is 11.0 Å². The zero-order valence-corrected chi connectivity index (χ0v) is 11.5. The van der Waals surface area contributed by atoms with Gasteiger partial charge in [0.05, 0.1) is 39.7 Å². The van der Waals surface area contributed by atoms with E-state index in [4.69, 9.17) is 16.9 Å². The second-order valence-electron chi connectivity index (χ2n) is 4.40. The first kappa shape index (κ1) is 13.2. The minimum atomic E-state index is -0.302. The summed E-state index contributed by atoms with van der Waals surface area (Å²) >= 11 is 6.02. The van der Waals surface area contributed by atoms with Crippen LogP contribution < -0.4 is 5.32 Å². The lowest BCUT2D eigenvalue weighted by molar-refractivity contribution is 0.102. The number of aromatic nitrogens is 2. The van der Waals surface area contributed by atoms with Gasteiger partial charge in [-0.3, -0.25) is 4.79 Å². The zero-order chi connectivity index (χ0) is 14.8. The number of carbonyl (C=O) groups excluding carboxylic acids is 1. The van der Waals surface area contributed by atoms with Crippen molar-refractivity contribution in [3.8, 4) is 6.07 Å². The predicted molar refractivity (Wildman–Crippen MR) is 80.2 cm³/mol. The Bertz CT molecular complexity index is 879. The third kappa shape index (κ3) is 2.57. The van der Waals surface area contributed by atoms with E-state index in [1.54, 1.807) is 36.7 Å². The molecule has 0 atom stereocenters. The fourth-order valence-corrected chi connectivity index (χ4v) is 2.13. The summed E-state index contributed by atoms with van der Waals surface area (Å²) in [6.07, 6.45) is 1.57. The highest BCUT2D eigenvalue weighted by Gasteiger charge is 2.10. The molecular weight excluding hydrogens is 288 g/mol. The number of hydrogen-bond donors (Lipinski definition) is 2. The number of aromatic amines is 1. The minimum absolute atomic E-state index is 0.302. The number of halogens is 1. The number of benzene rings is 2. The molecule has 0 aliphatic rings. The molecule has 5 nitrogen and oxygen atoms in total. The SMILES string of the molecule is N#Cc1ccc(Cl)c(NC(=O)c2ccc3nc[nH]c3c2)c1. The molecular formula is C15H9ClN4O. The van der Waals surface area contributed by atoms with Gasteiger partial charge in [-0.05, 0) is 36.4 Å². The smallest absolute Gasteiger partial charge is 0.255 e. The molecule has 0 bridgehead atoms. The topological polar surface area (TPSA) is 81.6 Å². The summed E-state index contributed by atoms with van der Waals surface area (Å²) < 4.78 is 0. The molecule has 0 unspecified atom stereocenters. The van der Waals surface area contributed by atoms with Gasteiger partial charge >= 0.3 is 0 Å². The Morgan fingerprint density at radius 1 is 1.29 bits per heavy atom. The van der Waals surface area contributed by atoms with Crippen molar-refractivity contribution < 1.29 is 4.79 Å². The molecule has 0 radical (unpaired) electrons. The van der Waals surface area contributed by atoms with Crippen molar-refractivity contribution in [3.05, 3.63) is 58.9 Å². The van der Waals surface area contributed by atoms with Crippen molar-refractivity contribution in [1.29, 1.82) is 5.26 Å². The number of fused-ring (bicyclic) bond motifs is 1. The molecule has 0 aliphatic heterocycles. The summed E-state index contributed by atoms with van der Waals surface area (Å²) in [5.41, 5.74) is 2.88. The molecule has 0 spiro atoms. The lowest BCUT2D eigenvalue weighted by Crippen LogP contribution is -2.12. The number of rotatable bonds is 2. The van der Waals surface area contributed by atoms with Crippen LogP contribution >= 0.6 is 11.6 Å². The van der Waals surface area contributed by atoms with Crippen molar-refractivity contribution in [3.63, 3.8) is 0 Å². The number of hydrogen-bond acceptors (Lipinski definition) is 3. The summed E-state index contributed by atoms with van der Waals surface area (Å²) in [6.45, 7) is 0. The maximum atomic E-state index is 12.2. The maximum Gasteiger partial charge on any atom is 0.255 e. The Hall–Kier alpha value is -2.84. The minimum Gasteiger partial charge on any atom is -0.345 e. The van der Waals surface area contributed by atoms with Crippen LogP contribution in [0.3, 0.4) is 0 Å². The number of carbonyl (C=O) groups is 1. The molecule has 0 saturated heterocycles. The van der Waals surface area contributed by atoms with Gasteiger partial charge < -0.3 is 10.3 Å². The van der Waals surface area contributed by atoms with E-state index in [0.29, 0.717) is 21.8 Å². The highest BCUT2D eigenvalue weighted by molar-refractivity contribution is 6.34. The molecule has 3 aromatic rings. The van der Waals surface area contributed by atoms with Crippen LogP contribution in [0.4, 0.5) is 5.69 Å². The second-order valence-corrected chi connectivity index (χ2v) is 4.80. The van der Waals surface area contributed by atoms with E-state index in [2.05, 4.69) is 15.3 Å². The molecule has 2 aromatic carbocycles. The normalized spacial score (nSPS) is 10.3. The van der Waals surface area contributed by atoms with Gasteiger partial charge in [-0.25, -0.2) is 4.98 Å². The second kappa shape index (κ2) is 5.27. The summed E-state index contributed by atoms with van der Waals surface area (Å²) in [4.78, 5) is 19.3. The Labute approximate surface area is 125 Å². The van der Waals surface area contributed by atoms with Crippen LogP contribution in [-0.4, -0.2) is 15.9 Å². The molecule has 1 aromatic heterocycles. The quantitative estimate of drug-likeness (QED) is 0.761. The molecule has 102 valence electrons. The van der Waals surface area contributed by atoms with Crippen molar-refractivity contribution in [2.45, 2.75) is 0 Å². The molecule has 0 saturated carbocycles. The largest absolute Gasteiger partial charge is 0.345 e. The number of nitrogens with zero attached hydrogens (tertiary/aromatic N) is 2. The molecule has 21 heavy (non-hydrogen) atoms. The van der Waals surface area contributed by atoms with Crippen LogP contribution in [0.2, 0.25) is 5.02 Å². The number of amides is 1. The molecule has 1 amide bonds. The third-order valence-electron chi connectivity index (χ3n) is 3.03. The molecule has 6 heteroatoms. The van der Waals surface area contributed by atoms with Gasteiger partial charge in [-0.2, -0.15) is 5.26 Å². The van der Waals surface area contributed by atoms with Crippen molar-refractivity contribution in [2.75, 3.05) is 5.32 Å². The van der Waals surface area contributed by atoms with Gasteiger partial charge in [0, 0.05) is 5.56 Å². The first-order chi connectivity index (χ1) is 10.2. The van der Waals surface area contributed by atoms with Crippen molar-refractivity contribution >= 4 is 34.2 Å². The Balaban J connectivity index is 1.90. The lowest BCUT2D eigenvalue weighted by atomic mass is 10.1. The molecule has 3 rings (SSSR count). The average molecular weight is 297 g/mol. The zero-order valence-electron chi connectivity index (χ0n) is 10.7. The molecule has 0 fully saturated rings. The van der Waals surface area contributed by atoms with Crippen molar-refractivity contribution in [1.82, 2.24) is 9.97 Å². The lowest BCUT2D eigenvalue weighted by Gasteiger charge is -2.07. The average Bonchev–Trinajstić information content (AvgIpc) is 2.96. The van der Waals surface area contributed by atoms with Crippen LogP contribution in [0.5, 0.6) is 0 Å². The molecule has 2 N–H and O–H groups in total. The van der Waals surface area contributed by atoms with Crippen LogP contribution in [0.15, 0.2) is 42.7 Å². The number of H-pyrrole nitrogens is 1. The first-order valence-corrected chi connectivity index (χ1v) is 6.49. The van der Waals surface area contributed by atoms with E-state index in [1.807, 2.05) is 6.07 Å². The number of nitrogens with one attached hydrogen (secondary N) is 2. The number of anilines is 1. The Kier molecular flexibility index (Phi) is 3.30. The van der Waals surface area contributed by atoms with Crippen LogP contribution in [-0.2, 0) is 0 Å². The summed E-state index contributed by atoms with van der Waals surface area (Å²) in [7, 11) is 0. The van der Waals surface area contributed by atoms with Gasteiger partial charge in [0.15, 0.2) is 0 Å². The van der Waals surface area contributed by atoms with Gasteiger partial charge in [0.2, 0.25) is 0 Å². The van der Waals surface area contributed by atoms with Gasteiger partial charge in [0.25, 0.3) is 5.91 Å². The van der Waals surface area contributed by atoms with E-state index in [0.717, 1.165) is 11.0 Å². The van der Waals surface area contributed by atoms with Gasteiger partial charge in [0.1, 0.15) is 0 Å². The summed E-state index contributed by atoms with van der Waals surface area (Å²) in [5, 5.41) is 12.0. The first-order valence-electron chi connectivity index (χ1n) is 6.11. The third-order valence-corrected chi connectivity index (χ3v) is 3.36. The summed E-state index contributed by atoms with van der Waals surface area (Å²) in [5.74, 6) is -0.302. The van der Waals surface area contributed by atoms with Gasteiger partial charge in [-0.15, -0.1) is 0 Å². The summed E-state index contributed by atoms with van der Waals surface area (Å²) in [6, 6.07) is 11.9. The van der Waals surface area contributed by atoms with Crippen molar-refractivity contribution in [2.24, 2.45) is 0 Å². The monoisotopic (exact) mass is 296 g/mol. The highest BCUT2D eigenvalue weighted by atomic mass is 35.5. The highest BCUT2D eigenvalue weighted by Crippen LogP contribution is 2.23. The van der Waals surface area contributed by atoms with Crippen LogP contribution in [0, 0.1) is 11.3 Å². The molecule has 0 aliphatic carbocycles. The Morgan fingerprint density at radius 2 is 2.14 bits per heavy atom. The standard InChI is InChI=1S/C15H9ClN4O/c16-11-3-1-9(7-17)5-13(11)20-15(21)10-2-4-12-14(6-10)19-8-18-12/h1-6,8H,(H,18,19)(H,20,21). The van der Waals surface area contributed by atoms with Crippen LogP contribution in [0.1, 0.15) is 15.9 Å². The number of nitriles is 1. The van der Waals surface area contributed by atoms with E-state index in [9.17, 15) is 4.79 Å². The van der Waals surface area contributed by atoms with E-state index in [1.165, 1.54) is 6.07 Å². The molecule has 1 heterocycles. The number of imidazole rings is 1. The van der Waals surface area contributed by atoms with E-state index in [-0.39, 0.29) is 5.91 Å². The maximum absolute atomic E-state index is 12.2. The van der Waals surface area contributed by atoms with E-state index >= 15 is 0 Å². The van der Waals surface area contributed by atoms with E-state index < -0.39 is 0 Å².